The van der Waals surface area contributed by atoms with Gasteiger partial charge in [-0.05, 0) is 17.1 Å². The Morgan fingerprint density at radius 3 is 1.56 bits per heavy atom. The van der Waals surface area contributed by atoms with Crippen LogP contribution in [-0.2, 0) is 25.4 Å². The summed E-state index contributed by atoms with van der Waals surface area (Å²) in [5.74, 6) is -1.83. The number of hydrogen-bond donors (Lipinski definition) is 3. The first-order chi connectivity index (χ1) is 6.87. The van der Waals surface area contributed by atoms with Gasteiger partial charge in [-0.15, -0.1) is 0 Å². The van der Waals surface area contributed by atoms with Gasteiger partial charge in [0.1, 0.15) is 5.54 Å². The van der Waals surface area contributed by atoms with Crippen molar-refractivity contribution in [3.05, 3.63) is 0 Å². The summed E-state index contributed by atoms with van der Waals surface area (Å²) in [6.45, 7) is 1.91. The summed E-state index contributed by atoms with van der Waals surface area (Å²) in [6, 6.07) is 0. The van der Waals surface area contributed by atoms with Crippen molar-refractivity contribution in [2.75, 3.05) is 0 Å². The molecule has 0 aromatic rings. The molecule has 1 atom stereocenters. The Labute approximate surface area is 92.4 Å². The molecule has 3 N–H and O–H groups in total. The summed E-state index contributed by atoms with van der Waals surface area (Å²) >= 11 is 0. The number of carboxylic acid groups (broad SMARTS) is 1. The Kier molecular flexibility index (Phi) is 4.05. The maximum atomic E-state index is 10.8. The number of aliphatic carboxylic acids is 1. The van der Waals surface area contributed by atoms with Gasteiger partial charge in [-0.2, -0.15) is 16.8 Å². The lowest BCUT2D eigenvalue weighted by Crippen LogP contribution is -2.56. The zero-order valence-electron chi connectivity index (χ0n) is 8.35. The van der Waals surface area contributed by atoms with E-state index in [0.717, 1.165) is 6.92 Å². The summed E-state index contributed by atoms with van der Waals surface area (Å²) in [4.78, 5) is 10.8. The van der Waals surface area contributed by atoms with Crippen LogP contribution < -0.4 is 0 Å². The highest BCUT2D eigenvalue weighted by Gasteiger charge is 2.51. The fourth-order valence-electron chi connectivity index (χ4n) is 0.987. The van der Waals surface area contributed by atoms with Gasteiger partial charge in [0.05, 0.1) is 0 Å². The van der Waals surface area contributed by atoms with Crippen molar-refractivity contribution >= 4 is 26.6 Å². The van der Waals surface area contributed by atoms with Gasteiger partial charge in [0, 0.05) is 0 Å². The first-order valence-electron chi connectivity index (χ1n) is 3.86. The highest BCUT2D eigenvalue weighted by molar-refractivity contribution is 7.98. The molecule has 0 bridgehead atoms. The summed E-state index contributed by atoms with van der Waals surface area (Å²) in [5, 5.41) is 8.74. The standard InChI is InChI=1S/C5H11NO8S2/c1-3-5(2,4(7)8)6(15(9,10)11)16(12,13)14/h3H2,1-2H3,(H,7,8)(H,9,10,11)(H,12,13,14)/t5-/m1/s1. The fraction of sp³-hybridized carbons (Fsp3) is 0.800. The molecule has 0 unspecified atom stereocenters. The number of nitrogens with zero attached hydrogens (tertiary/aromatic N) is 1. The molecule has 0 aliphatic heterocycles. The lowest BCUT2D eigenvalue weighted by Gasteiger charge is -2.30. The fourth-order valence-corrected chi connectivity index (χ4v) is 3.37. The molecule has 0 fully saturated rings. The van der Waals surface area contributed by atoms with Crippen LogP contribution in [0.3, 0.4) is 0 Å². The van der Waals surface area contributed by atoms with Crippen LogP contribution in [0.5, 0.6) is 0 Å². The molecular formula is C5H11NO8S2. The van der Waals surface area contributed by atoms with E-state index < -0.39 is 42.2 Å². The minimum absolute atomic E-state index is 0.484. The third-order valence-corrected chi connectivity index (χ3v) is 4.75. The van der Waals surface area contributed by atoms with E-state index in [1.165, 1.54) is 6.92 Å². The van der Waals surface area contributed by atoms with Crippen molar-refractivity contribution in [3.63, 3.8) is 0 Å². The van der Waals surface area contributed by atoms with Crippen LogP contribution in [0.4, 0.5) is 0 Å². The average molecular weight is 277 g/mol. The van der Waals surface area contributed by atoms with Crippen LogP contribution in [0.15, 0.2) is 0 Å². The van der Waals surface area contributed by atoms with E-state index in [1.807, 2.05) is 0 Å². The first kappa shape index (κ1) is 15.2. The second-order valence-electron chi connectivity index (χ2n) is 3.09. The summed E-state index contributed by atoms with van der Waals surface area (Å²) < 4.78 is 59.5. The minimum atomic E-state index is -5.42. The third-order valence-electron chi connectivity index (χ3n) is 1.97. The number of hydrogen-bond acceptors (Lipinski definition) is 5. The Morgan fingerprint density at radius 1 is 1.19 bits per heavy atom. The Balaban J connectivity index is 6.02. The normalized spacial score (nSPS) is 17.1. The van der Waals surface area contributed by atoms with Crippen LogP contribution in [0, 0.1) is 0 Å². The van der Waals surface area contributed by atoms with E-state index in [9.17, 15) is 21.6 Å². The van der Waals surface area contributed by atoms with Crippen molar-refractivity contribution in [1.82, 2.24) is 3.71 Å². The second kappa shape index (κ2) is 4.25. The molecule has 0 rings (SSSR count). The smallest absolute Gasteiger partial charge is 0.352 e. The zero-order valence-corrected chi connectivity index (χ0v) is 9.99. The van der Waals surface area contributed by atoms with Gasteiger partial charge < -0.3 is 5.11 Å². The highest BCUT2D eigenvalue weighted by atomic mass is 32.3. The second-order valence-corrected chi connectivity index (χ2v) is 5.84. The number of carboxylic acids is 1. The molecule has 96 valence electrons. The Hall–Kier alpha value is -0.750. The van der Waals surface area contributed by atoms with Crippen molar-refractivity contribution in [1.29, 1.82) is 0 Å². The van der Waals surface area contributed by atoms with Gasteiger partial charge >= 0.3 is 26.6 Å². The van der Waals surface area contributed by atoms with Gasteiger partial charge in [0.15, 0.2) is 0 Å². The van der Waals surface area contributed by atoms with Crippen LogP contribution in [0.2, 0.25) is 0 Å². The van der Waals surface area contributed by atoms with E-state index in [-0.39, 0.29) is 0 Å². The average Bonchev–Trinajstić information content (AvgIpc) is 1.97. The number of rotatable bonds is 5. The maximum Gasteiger partial charge on any atom is 0.352 e. The lowest BCUT2D eigenvalue weighted by atomic mass is 10.0. The van der Waals surface area contributed by atoms with Crippen molar-refractivity contribution in [3.8, 4) is 0 Å². The van der Waals surface area contributed by atoms with Crippen molar-refractivity contribution in [2.24, 2.45) is 0 Å². The van der Waals surface area contributed by atoms with Gasteiger partial charge in [0.2, 0.25) is 0 Å². The van der Waals surface area contributed by atoms with E-state index in [4.69, 9.17) is 14.2 Å². The molecule has 0 amide bonds. The first-order valence-corrected chi connectivity index (χ1v) is 6.65. The summed E-state index contributed by atoms with van der Waals surface area (Å²) in [5.41, 5.74) is -2.50. The molecule has 0 aromatic carbocycles. The molecule has 0 aromatic heterocycles. The van der Waals surface area contributed by atoms with Gasteiger partial charge in [-0.25, -0.2) is 0 Å². The van der Waals surface area contributed by atoms with Gasteiger partial charge in [-0.1, -0.05) is 6.92 Å². The number of carbonyl (C=O) groups is 1. The molecule has 0 heterocycles. The highest BCUT2D eigenvalue weighted by Crippen LogP contribution is 2.25. The van der Waals surface area contributed by atoms with E-state index >= 15 is 0 Å². The third kappa shape index (κ3) is 2.89. The largest absolute Gasteiger partial charge is 0.480 e. The predicted octanol–water partition coefficient (Wildman–Crippen LogP) is -0.853. The van der Waals surface area contributed by atoms with E-state index in [2.05, 4.69) is 0 Å². The Morgan fingerprint density at radius 2 is 1.50 bits per heavy atom. The minimum Gasteiger partial charge on any atom is -0.480 e. The predicted molar refractivity (Wildman–Crippen MR) is 51.3 cm³/mol. The molecular weight excluding hydrogens is 266 g/mol. The molecule has 0 spiro atoms. The molecule has 9 nitrogen and oxygen atoms in total. The molecule has 16 heavy (non-hydrogen) atoms. The van der Waals surface area contributed by atoms with E-state index in [1.54, 1.807) is 0 Å². The topological polar surface area (TPSA) is 149 Å². The monoisotopic (exact) mass is 277 g/mol. The van der Waals surface area contributed by atoms with Crippen LogP contribution in [0.25, 0.3) is 0 Å². The zero-order chi connectivity index (χ0) is 13.4. The molecule has 0 saturated heterocycles. The molecule has 0 radical (unpaired) electrons. The van der Waals surface area contributed by atoms with Crippen LogP contribution in [-0.4, -0.2) is 46.3 Å². The lowest BCUT2D eigenvalue weighted by molar-refractivity contribution is -0.146. The summed E-state index contributed by atoms with van der Waals surface area (Å²) in [6.07, 6.45) is -0.484. The van der Waals surface area contributed by atoms with Crippen molar-refractivity contribution in [2.45, 2.75) is 25.8 Å². The Bertz CT molecular complexity index is 447. The van der Waals surface area contributed by atoms with Crippen LogP contribution >= 0.6 is 0 Å². The van der Waals surface area contributed by atoms with Crippen LogP contribution in [0.1, 0.15) is 20.3 Å². The molecule has 0 aliphatic rings. The quantitative estimate of drug-likeness (QED) is 0.550. The van der Waals surface area contributed by atoms with Crippen molar-refractivity contribution < 1.29 is 35.8 Å². The maximum absolute atomic E-state index is 10.8. The van der Waals surface area contributed by atoms with Gasteiger partial charge in [-0.3, -0.25) is 13.9 Å². The molecule has 0 saturated carbocycles. The molecule has 11 heteroatoms. The summed E-state index contributed by atoms with van der Waals surface area (Å²) in [7, 11) is -10.8. The molecule has 0 aliphatic carbocycles. The SMILES string of the molecule is CC[C@](C)(C(=O)O)N(S(=O)(=O)O)S(=O)(=O)O. The van der Waals surface area contributed by atoms with E-state index in [0.29, 0.717) is 0 Å². The van der Waals surface area contributed by atoms with Gasteiger partial charge in [0.25, 0.3) is 0 Å².